The SMILES string of the molecule is COc1ccc(-c2ccccc2NC(=O)[C@@H]2CCCN2C(=O)CC(C)(C)C)cc1. The van der Waals surface area contributed by atoms with E-state index in [9.17, 15) is 9.59 Å². The Bertz CT molecular complexity index is 868. The molecule has 2 aromatic carbocycles. The minimum Gasteiger partial charge on any atom is -0.497 e. The molecule has 1 saturated heterocycles. The summed E-state index contributed by atoms with van der Waals surface area (Å²) in [6.45, 7) is 6.77. The number of hydrogen-bond donors (Lipinski definition) is 1. The van der Waals surface area contributed by atoms with Crippen LogP contribution in [0.5, 0.6) is 5.75 Å². The van der Waals surface area contributed by atoms with Crippen molar-refractivity contribution in [2.24, 2.45) is 5.41 Å². The summed E-state index contributed by atoms with van der Waals surface area (Å²) in [5.74, 6) is 0.721. The van der Waals surface area contributed by atoms with Gasteiger partial charge in [-0.3, -0.25) is 9.59 Å². The zero-order chi connectivity index (χ0) is 21.0. The summed E-state index contributed by atoms with van der Waals surface area (Å²) < 4.78 is 5.23. The highest BCUT2D eigenvalue weighted by Gasteiger charge is 2.35. The molecule has 1 fully saturated rings. The van der Waals surface area contributed by atoms with Gasteiger partial charge in [0, 0.05) is 24.2 Å². The summed E-state index contributed by atoms with van der Waals surface area (Å²) in [7, 11) is 1.64. The summed E-state index contributed by atoms with van der Waals surface area (Å²) >= 11 is 0. The summed E-state index contributed by atoms with van der Waals surface area (Å²) in [5, 5.41) is 3.06. The highest BCUT2D eigenvalue weighted by molar-refractivity contribution is 6.00. The van der Waals surface area contributed by atoms with Crippen LogP contribution in [0.25, 0.3) is 11.1 Å². The van der Waals surface area contributed by atoms with Crippen molar-refractivity contribution in [1.82, 2.24) is 4.90 Å². The molecule has 1 N–H and O–H groups in total. The fourth-order valence-electron chi connectivity index (χ4n) is 3.72. The minimum atomic E-state index is -0.409. The largest absolute Gasteiger partial charge is 0.497 e. The molecule has 1 aliphatic heterocycles. The molecule has 0 unspecified atom stereocenters. The summed E-state index contributed by atoms with van der Waals surface area (Å²) in [6.07, 6.45) is 2.00. The lowest BCUT2D eigenvalue weighted by Gasteiger charge is -2.27. The van der Waals surface area contributed by atoms with Crippen LogP contribution in [0.15, 0.2) is 48.5 Å². The third kappa shape index (κ3) is 5.17. The number of nitrogens with one attached hydrogen (secondary N) is 1. The number of carbonyl (C=O) groups is 2. The van der Waals surface area contributed by atoms with Gasteiger partial charge in [0.2, 0.25) is 11.8 Å². The zero-order valence-corrected chi connectivity index (χ0v) is 17.7. The first kappa shape index (κ1) is 20.9. The van der Waals surface area contributed by atoms with E-state index in [0.717, 1.165) is 29.0 Å². The molecule has 1 heterocycles. The second-order valence-electron chi connectivity index (χ2n) is 8.75. The van der Waals surface area contributed by atoms with Gasteiger partial charge in [0.05, 0.1) is 7.11 Å². The van der Waals surface area contributed by atoms with Gasteiger partial charge in [-0.25, -0.2) is 0 Å². The Balaban J connectivity index is 1.77. The topological polar surface area (TPSA) is 58.6 Å². The molecule has 154 valence electrons. The second kappa shape index (κ2) is 8.68. The molecule has 0 aliphatic carbocycles. The highest BCUT2D eigenvalue weighted by Crippen LogP contribution is 2.31. The van der Waals surface area contributed by atoms with Crippen LogP contribution < -0.4 is 10.1 Å². The Morgan fingerprint density at radius 2 is 1.79 bits per heavy atom. The molecule has 2 amide bonds. The maximum Gasteiger partial charge on any atom is 0.247 e. The fraction of sp³-hybridized carbons (Fsp3) is 0.417. The van der Waals surface area contributed by atoms with E-state index in [-0.39, 0.29) is 17.2 Å². The van der Waals surface area contributed by atoms with E-state index < -0.39 is 6.04 Å². The molecular weight excluding hydrogens is 364 g/mol. The van der Waals surface area contributed by atoms with Crippen molar-refractivity contribution in [3.63, 3.8) is 0 Å². The number of methoxy groups -OCH3 is 1. The van der Waals surface area contributed by atoms with E-state index in [1.54, 1.807) is 12.0 Å². The molecule has 0 spiro atoms. The van der Waals surface area contributed by atoms with Crippen molar-refractivity contribution in [1.29, 1.82) is 0 Å². The van der Waals surface area contributed by atoms with Gasteiger partial charge in [0.1, 0.15) is 11.8 Å². The number of hydrogen-bond acceptors (Lipinski definition) is 3. The number of rotatable bonds is 5. The van der Waals surface area contributed by atoms with Crippen LogP contribution in [-0.4, -0.2) is 36.4 Å². The van der Waals surface area contributed by atoms with Gasteiger partial charge in [-0.2, -0.15) is 0 Å². The van der Waals surface area contributed by atoms with Crippen LogP contribution in [0.1, 0.15) is 40.0 Å². The van der Waals surface area contributed by atoms with Gasteiger partial charge >= 0.3 is 0 Å². The van der Waals surface area contributed by atoms with Crippen molar-refractivity contribution in [2.45, 2.75) is 46.1 Å². The second-order valence-corrected chi connectivity index (χ2v) is 8.75. The number of likely N-dealkylation sites (tertiary alicyclic amines) is 1. The Hall–Kier alpha value is -2.82. The first-order valence-electron chi connectivity index (χ1n) is 10.1. The molecule has 1 atom stereocenters. The molecule has 1 aliphatic rings. The quantitative estimate of drug-likeness (QED) is 0.798. The number of ether oxygens (including phenoxy) is 1. The van der Waals surface area contributed by atoms with Crippen molar-refractivity contribution in [2.75, 3.05) is 19.0 Å². The monoisotopic (exact) mass is 394 g/mol. The third-order valence-corrected chi connectivity index (χ3v) is 5.14. The normalized spacial score (nSPS) is 16.6. The van der Waals surface area contributed by atoms with Crippen LogP contribution in [0.3, 0.4) is 0 Å². The predicted molar refractivity (Wildman–Crippen MR) is 116 cm³/mol. The lowest BCUT2D eigenvalue weighted by molar-refractivity contribution is -0.138. The van der Waals surface area contributed by atoms with Gasteiger partial charge in [0.15, 0.2) is 0 Å². The van der Waals surface area contributed by atoms with Crippen molar-refractivity contribution < 1.29 is 14.3 Å². The van der Waals surface area contributed by atoms with Crippen LogP contribution >= 0.6 is 0 Å². The van der Waals surface area contributed by atoms with E-state index >= 15 is 0 Å². The van der Waals surface area contributed by atoms with Crippen molar-refractivity contribution in [3.8, 4) is 16.9 Å². The lowest BCUT2D eigenvalue weighted by Crippen LogP contribution is -2.44. The van der Waals surface area contributed by atoms with Gasteiger partial charge < -0.3 is 15.0 Å². The average Bonchev–Trinajstić information content (AvgIpc) is 3.17. The Morgan fingerprint density at radius 3 is 2.45 bits per heavy atom. The van der Waals surface area contributed by atoms with Gasteiger partial charge in [-0.05, 0) is 42.0 Å². The van der Waals surface area contributed by atoms with Crippen LogP contribution in [-0.2, 0) is 9.59 Å². The number of anilines is 1. The van der Waals surface area contributed by atoms with Crippen LogP contribution in [0.4, 0.5) is 5.69 Å². The molecular formula is C24H30N2O3. The summed E-state index contributed by atoms with van der Waals surface area (Å²) in [4.78, 5) is 27.5. The first-order valence-corrected chi connectivity index (χ1v) is 10.1. The molecule has 0 aromatic heterocycles. The first-order chi connectivity index (χ1) is 13.8. The standard InChI is InChI=1S/C24H30N2O3/c1-24(2,3)16-22(27)26-15-7-10-21(26)23(28)25-20-9-6-5-8-19(20)17-11-13-18(29-4)14-12-17/h5-6,8-9,11-14,21H,7,10,15-16H2,1-4H3,(H,25,28)/t21-/m0/s1. The molecule has 0 bridgehead atoms. The summed E-state index contributed by atoms with van der Waals surface area (Å²) in [6, 6.07) is 15.1. The van der Waals surface area contributed by atoms with E-state index in [4.69, 9.17) is 4.74 Å². The van der Waals surface area contributed by atoms with Crippen LogP contribution in [0, 0.1) is 5.41 Å². The number of nitrogens with zero attached hydrogens (tertiary/aromatic N) is 1. The highest BCUT2D eigenvalue weighted by atomic mass is 16.5. The maximum atomic E-state index is 13.1. The Labute approximate surface area is 173 Å². The molecule has 0 saturated carbocycles. The zero-order valence-electron chi connectivity index (χ0n) is 17.7. The third-order valence-electron chi connectivity index (χ3n) is 5.14. The van der Waals surface area contributed by atoms with Gasteiger partial charge in [0.25, 0.3) is 0 Å². The number of amides is 2. The molecule has 3 rings (SSSR count). The van der Waals surface area contributed by atoms with E-state index in [0.29, 0.717) is 19.4 Å². The Morgan fingerprint density at radius 1 is 1.10 bits per heavy atom. The minimum absolute atomic E-state index is 0.0542. The van der Waals surface area contributed by atoms with Gasteiger partial charge in [-0.15, -0.1) is 0 Å². The van der Waals surface area contributed by atoms with E-state index in [1.165, 1.54) is 0 Å². The summed E-state index contributed by atoms with van der Waals surface area (Å²) in [5.41, 5.74) is 2.59. The van der Waals surface area contributed by atoms with Gasteiger partial charge in [-0.1, -0.05) is 51.1 Å². The maximum absolute atomic E-state index is 13.1. The molecule has 0 radical (unpaired) electrons. The number of carbonyl (C=O) groups excluding carboxylic acids is 2. The fourth-order valence-corrected chi connectivity index (χ4v) is 3.72. The van der Waals surface area contributed by atoms with E-state index in [1.807, 2.05) is 69.3 Å². The Kier molecular flexibility index (Phi) is 6.26. The molecule has 29 heavy (non-hydrogen) atoms. The molecule has 5 nitrogen and oxygen atoms in total. The number of para-hydroxylation sites is 1. The number of benzene rings is 2. The predicted octanol–water partition coefficient (Wildman–Crippen LogP) is 4.73. The molecule has 5 heteroatoms. The van der Waals surface area contributed by atoms with E-state index in [2.05, 4.69) is 5.32 Å². The average molecular weight is 395 g/mol. The molecule has 2 aromatic rings. The van der Waals surface area contributed by atoms with Crippen LogP contribution in [0.2, 0.25) is 0 Å². The van der Waals surface area contributed by atoms with Crippen molar-refractivity contribution >= 4 is 17.5 Å². The lowest BCUT2D eigenvalue weighted by atomic mass is 9.91. The van der Waals surface area contributed by atoms with Crippen molar-refractivity contribution in [3.05, 3.63) is 48.5 Å². The smallest absolute Gasteiger partial charge is 0.247 e.